The molecule has 7 heteroatoms. The first-order valence-corrected chi connectivity index (χ1v) is 9.48. The van der Waals surface area contributed by atoms with Crippen molar-refractivity contribution in [3.05, 3.63) is 35.9 Å². The molecule has 1 amide bonds. The molecule has 130 valence electrons. The third-order valence-electron chi connectivity index (χ3n) is 3.55. The van der Waals surface area contributed by atoms with Gasteiger partial charge in [0, 0.05) is 39.3 Å². The molecule has 1 atom stereocenters. The average Bonchev–Trinajstić information content (AvgIpc) is 2.51. The lowest BCUT2D eigenvalue weighted by Crippen LogP contribution is -2.36. The summed E-state index contributed by atoms with van der Waals surface area (Å²) in [5.74, 6) is -0.157. The smallest absolute Gasteiger partial charge is 0.221 e. The Morgan fingerprint density at radius 2 is 1.96 bits per heavy atom. The zero-order valence-corrected chi connectivity index (χ0v) is 14.8. The predicted molar refractivity (Wildman–Crippen MR) is 90.5 cm³/mol. The van der Waals surface area contributed by atoms with Crippen molar-refractivity contribution < 1.29 is 17.9 Å². The molecule has 0 aliphatic rings. The fourth-order valence-corrected chi connectivity index (χ4v) is 3.41. The molecule has 0 heterocycles. The van der Waals surface area contributed by atoms with Gasteiger partial charge in [0.25, 0.3) is 0 Å². The molecule has 0 saturated heterocycles. The van der Waals surface area contributed by atoms with Crippen molar-refractivity contribution in [3.63, 3.8) is 0 Å². The Morgan fingerprint density at radius 3 is 2.52 bits per heavy atom. The van der Waals surface area contributed by atoms with Crippen LogP contribution in [-0.4, -0.2) is 51.7 Å². The van der Waals surface area contributed by atoms with Crippen LogP contribution in [0.4, 0.5) is 0 Å². The van der Waals surface area contributed by atoms with Gasteiger partial charge in [0.05, 0.1) is 6.26 Å². The normalized spacial score (nSPS) is 13.0. The number of benzene rings is 1. The van der Waals surface area contributed by atoms with Crippen LogP contribution in [0.25, 0.3) is 0 Å². The van der Waals surface area contributed by atoms with Gasteiger partial charge in [0.15, 0.2) is 0 Å². The summed E-state index contributed by atoms with van der Waals surface area (Å²) in [6.45, 7) is 3.10. The van der Waals surface area contributed by atoms with E-state index in [9.17, 15) is 13.2 Å². The third-order valence-corrected chi connectivity index (χ3v) is 4.90. The first kappa shape index (κ1) is 19.6. The molecule has 1 unspecified atom stereocenters. The highest BCUT2D eigenvalue weighted by atomic mass is 32.2. The Balaban J connectivity index is 2.61. The van der Waals surface area contributed by atoms with E-state index in [0.717, 1.165) is 12.0 Å². The maximum atomic E-state index is 12.0. The Bertz CT molecular complexity index is 575. The Labute approximate surface area is 138 Å². The van der Waals surface area contributed by atoms with Gasteiger partial charge in [-0.2, -0.15) is 4.31 Å². The van der Waals surface area contributed by atoms with Crippen molar-refractivity contribution >= 4 is 15.9 Å². The molecule has 0 fully saturated rings. The van der Waals surface area contributed by atoms with Gasteiger partial charge < -0.3 is 10.1 Å². The van der Waals surface area contributed by atoms with Gasteiger partial charge in [-0.3, -0.25) is 4.79 Å². The number of hydrogen-bond donors (Lipinski definition) is 1. The van der Waals surface area contributed by atoms with Gasteiger partial charge in [-0.05, 0) is 18.9 Å². The standard InChI is InChI=1S/C16H26N2O4S/c1-14(15-8-5-4-6-9-15)18(23(3,20)21)12-10-16(19)17-11-7-13-22-2/h4-6,8-9,14H,7,10-13H2,1-3H3,(H,17,19). The van der Waals surface area contributed by atoms with E-state index in [1.165, 1.54) is 10.6 Å². The van der Waals surface area contributed by atoms with E-state index in [1.807, 2.05) is 37.3 Å². The largest absolute Gasteiger partial charge is 0.385 e. The minimum Gasteiger partial charge on any atom is -0.385 e. The van der Waals surface area contributed by atoms with Crippen molar-refractivity contribution in [2.75, 3.05) is 33.1 Å². The van der Waals surface area contributed by atoms with Crippen LogP contribution in [0.3, 0.4) is 0 Å². The lowest BCUT2D eigenvalue weighted by Gasteiger charge is -2.27. The van der Waals surface area contributed by atoms with Gasteiger partial charge in [-0.1, -0.05) is 30.3 Å². The number of rotatable bonds is 10. The molecular weight excluding hydrogens is 316 g/mol. The number of nitrogens with zero attached hydrogens (tertiary/aromatic N) is 1. The Hall–Kier alpha value is -1.44. The molecule has 0 spiro atoms. The van der Waals surface area contributed by atoms with Crippen LogP contribution in [0.5, 0.6) is 0 Å². The molecule has 1 aromatic rings. The van der Waals surface area contributed by atoms with E-state index in [1.54, 1.807) is 7.11 Å². The summed E-state index contributed by atoms with van der Waals surface area (Å²) in [7, 11) is -1.80. The Kier molecular flexibility index (Phi) is 8.22. The highest BCUT2D eigenvalue weighted by molar-refractivity contribution is 7.88. The SMILES string of the molecule is COCCCNC(=O)CCN(C(C)c1ccccc1)S(C)(=O)=O. The number of sulfonamides is 1. The van der Waals surface area contributed by atoms with E-state index < -0.39 is 10.0 Å². The zero-order chi connectivity index (χ0) is 17.3. The van der Waals surface area contributed by atoms with Gasteiger partial charge in [-0.15, -0.1) is 0 Å². The number of carbonyl (C=O) groups is 1. The number of hydrogen-bond acceptors (Lipinski definition) is 4. The maximum Gasteiger partial charge on any atom is 0.221 e. The number of nitrogens with one attached hydrogen (secondary N) is 1. The molecule has 1 rings (SSSR count). The van der Waals surface area contributed by atoms with E-state index in [4.69, 9.17) is 4.74 Å². The molecule has 0 aromatic heterocycles. The van der Waals surface area contributed by atoms with Crippen molar-refractivity contribution in [1.82, 2.24) is 9.62 Å². The summed E-state index contributed by atoms with van der Waals surface area (Å²) in [5, 5.41) is 2.76. The summed E-state index contributed by atoms with van der Waals surface area (Å²) >= 11 is 0. The molecule has 0 bridgehead atoms. The number of ether oxygens (including phenoxy) is 1. The third kappa shape index (κ3) is 7.11. The lowest BCUT2D eigenvalue weighted by atomic mass is 10.1. The van der Waals surface area contributed by atoms with E-state index in [0.29, 0.717) is 13.2 Å². The fraction of sp³-hybridized carbons (Fsp3) is 0.562. The van der Waals surface area contributed by atoms with Gasteiger partial charge in [0.2, 0.25) is 15.9 Å². The molecule has 23 heavy (non-hydrogen) atoms. The average molecular weight is 342 g/mol. The molecule has 6 nitrogen and oxygen atoms in total. The minimum absolute atomic E-state index is 0.136. The number of carbonyl (C=O) groups excluding carboxylic acids is 1. The van der Waals surface area contributed by atoms with Crippen molar-refractivity contribution in [1.29, 1.82) is 0 Å². The molecule has 0 aliphatic carbocycles. The van der Waals surface area contributed by atoms with Crippen LogP contribution in [0.1, 0.15) is 31.4 Å². The van der Waals surface area contributed by atoms with Crippen LogP contribution in [0, 0.1) is 0 Å². The van der Waals surface area contributed by atoms with Gasteiger partial charge in [0.1, 0.15) is 0 Å². The second-order valence-electron chi connectivity index (χ2n) is 5.41. The molecule has 0 aliphatic heterocycles. The number of methoxy groups -OCH3 is 1. The second kappa shape index (κ2) is 9.64. The van der Waals surface area contributed by atoms with E-state index in [-0.39, 0.29) is 24.9 Å². The van der Waals surface area contributed by atoms with Gasteiger partial charge >= 0.3 is 0 Å². The van der Waals surface area contributed by atoms with E-state index in [2.05, 4.69) is 5.32 Å². The molecule has 0 radical (unpaired) electrons. The first-order chi connectivity index (χ1) is 10.9. The first-order valence-electron chi connectivity index (χ1n) is 7.63. The van der Waals surface area contributed by atoms with Crippen LogP contribution in [-0.2, 0) is 19.6 Å². The summed E-state index contributed by atoms with van der Waals surface area (Å²) in [6.07, 6.45) is 2.04. The van der Waals surface area contributed by atoms with Crippen LogP contribution < -0.4 is 5.32 Å². The maximum absolute atomic E-state index is 12.0. The summed E-state index contributed by atoms with van der Waals surface area (Å²) < 4.78 is 30.3. The highest BCUT2D eigenvalue weighted by Gasteiger charge is 2.24. The predicted octanol–water partition coefficient (Wildman–Crippen LogP) is 1.55. The van der Waals surface area contributed by atoms with Crippen molar-refractivity contribution in [3.8, 4) is 0 Å². The van der Waals surface area contributed by atoms with Crippen LogP contribution in [0.15, 0.2) is 30.3 Å². The van der Waals surface area contributed by atoms with Crippen molar-refractivity contribution in [2.24, 2.45) is 0 Å². The molecule has 1 N–H and O–H groups in total. The van der Waals surface area contributed by atoms with Crippen LogP contribution >= 0.6 is 0 Å². The fourth-order valence-electron chi connectivity index (χ4n) is 2.29. The van der Waals surface area contributed by atoms with Gasteiger partial charge in [-0.25, -0.2) is 8.42 Å². The van der Waals surface area contributed by atoms with E-state index >= 15 is 0 Å². The lowest BCUT2D eigenvalue weighted by molar-refractivity contribution is -0.121. The minimum atomic E-state index is -3.40. The second-order valence-corrected chi connectivity index (χ2v) is 7.34. The summed E-state index contributed by atoms with van der Waals surface area (Å²) in [5.41, 5.74) is 0.901. The topological polar surface area (TPSA) is 75.7 Å². The molecular formula is C16H26N2O4S. The molecule has 1 aromatic carbocycles. The van der Waals surface area contributed by atoms with Crippen LogP contribution in [0.2, 0.25) is 0 Å². The summed E-state index contributed by atoms with van der Waals surface area (Å²) in [6, 6.07) is 9.08. The highest BCUT2D eigenvalue weighted by Crippen LogP contribution is 2.22. The Morgan fingerprint density at radius 1 is 1.30 bits per heavy atom. The molecule has 0 saturated carbocycles. The zero-order valence-electron chi connectivity index (χ0n) is 14.0. The summed E-state index contributed by atoms with van der Waals surface area (Å²) in [4.78, 5) is 11.8. The number of amides is 1. The quantitative estimate of drug-likeness (QED) is 0.655. The monoisotopic (exact) mass is 342 g/mol. The van der Waals surface area contributed by atoms with Crippen molar-refractivity contribution in [2.45, 2.75) is 25.8 Å².